The van der Waals surface area contributed by atoms with Crippen LogP contribution in [0.5, 0.6) is 0 Å². The number of aliphatic carboxylic acids is 1. The summed E-state index contributed by atoms with van der Waals surface area (Å²) in [4.78, 5) is 47.5. The van der Waals surface area contributed by atoms with Gasteiger partial charge < -0.3 is 19.9 Å². The molecule has 2 aliphatic heterocycles. The number of rotatable bonds is 5. The predicted octanol–water partition coefficient (Wildman–Crippen LogP) is 4.33. The molecule has 1 fully saturated rings. The van der Waals surface area contributed by atoms with E-state index >= 15 is 0 Å². The zero-order chi connectivity index (χ0) is 27.9. The summed E-state index contributed by atoms with van der Waals surface area (Å²) in [6.07, 6.45) is 1.48. The molecule has 2 aromatic carbocycles. The Balaban J connectivity index is 1.38. The normalized spacial score (nSPS) is 17.6. The third-order valence-electron chi connectivity index (χ3n) is 7.75. The summed E-state index contributed by atoms with van der Waals surface area (Å²) in [5.41, 5.74) is 3.45. The number of nitrogens with one attached hydrogen (secondary N) is 1. The number of amides is 2. The molecule has 0 saturated carbocycles. The first-order chi connectivity index (χ1) is 18.5. The van der Waals surface area contributed by atoms with Crippen LogP contribution in [0.1, 0.15) is 54.9 Å². The maximum absolute atomic E-state index is 13.8. The number of carbonyl (C=O) groups excluding carboxylic acids is 2. The van der Waals surface area contributed by atoms with Crippen LogP contribution in [0.2, 0.25) is 0 Å². The Labute approximate surface area is 228 Å². The van der Waals surface area contributed by atoms with Crippen LogP contribution >= 0.6 is 0 Å². The lowest BCUT2D eigenvalue weighted by atomic mass is 9.81. The van der Waals surface area contributed by atoms with Crippen LogP contribution in [0, 0.1) is 5.92 Å². The van der Waals surface area contributed by atoms with Crippen molar-refractivity contribution in [2.24, 2.45) is 5.92 Å². The first-order valence-electron chi connectivity index (χ1n) is 13.5. The number of fused-ring (bicyclic) bond motifs is 3. The van der Waals surface area contributed by atoms with E-state index in [9.17, 15) is 19.5 Å². The van der Waals surface area contributed by atoms with E-state index < -0.39 is 11.4 Å². The highest BCUT2D eigenvalue weighted by Crippen LogP contribution is 2.40. The summed E-state index contributed by atoms with van der Waals surface area (Å²) in [6.45, 7) is 12.0. The Hall–Kier alpha value is -3.91. The molecule has 8 heteroatoms. The van der Waals surface area contributed by atoms with Gasteiger partial charge in [-0.2, -0.15) is 0 Å². The third kappa shape index (κ3) is 5.21. The minimum Gasteiger partial charge on any atom is -0.478 e. The van der Waals surface area contributed by atoms with Gasteiger partial charge in [0, 0.05) is 73.3 Å². The second-order valence-electron chi connectivity index (χ2n) is 11.5. The van der Waals surface area contributed by atoms with Crippen molar-refractivity contribution in [2.45, 2.75) is 39.7 Å². The largest absolute Gasteiger partial charge is 0.478 e. The maximum Gasteiger partial charge on any atom is 0.339 e. The van der Waals surface area contributed by atoms with E-state index in [0.29, 0.717) is 37.4 Å². The van der Waals surface area contributed by atoms with Gasteiger partial charge >= 0.3 is 5.97 Å². The number of carboxylic acids is 1. The molecule has 204 valence electrons. The number of hydrogen-bond acceptors (Lipinski definition) is 4. The molecular formula is C31H36N4O4. The van der Waals surface area contributed by atoms with Crippen molar-refractivity contribution < 1.29 is 19.5 Å². The van der Waals surface area contributed by atoms with Crippen LogP contribution in [0.4, 0.5) is 0 Å². The Morgan fingerprint density at radius 1 is 1.00 bits per heavy atom. The molecule has 2 amide bonds. The van der Waals surface area contributed by atoms with Crippen LogP contribution in [-0.2, 0) is 21.5 Å². The van der Waals surface area contributed by atoms with Crippen molar-refractivity contribution in [1.82, 2.24) is 19.7 Å². The van der Waals surface area contributed by atoms with Gasteiger partial charge in [0.2, 0.25) is 5.91 Å². The van der Waals surface area contributed by atoms with Crippen molar-refractivity contribution in [3.63, 3.8) is 0 Å². The molecule has 3 heterocycles. The number of nitrogens with zero attached hydrogens (tertiary/aromatic N) is 3. The molecule has 1 saturated heterocycles. The number of hydrogen-bond donors (Lipinski definition) is 2. The molecule has 2 N–H and O–H groups in total. The first kappa shape index (κ1) is 26.7. The number of carboxylic acid groups (broad SMARTS) is 1. The van der Waals surface area contributed by atoms with Crippen molar-refractivity contribution in [3.05, 3.63) is 77.1 Å². The highest BCUT2D eigenvalue weighted by Gasteiger charge is 2.37. The quantitative estimate of drug-likeness (QED) is 0.514. The number of H-pyrrole nitrogens is 1. The molecule has 2 aliphatic rings. The Morgan fingerprint density at radius 3 is 2.41 bits per heavy atom. The lowest BCUT2D eigenvalue weighted by molar-refractivity contribution is -0.136. The molecule has 0 bridgehead atoms. The molecule has 3 aromatic rings. The summed E-state index contributed by atoms with van der Waals surface area (Å²) >= 11 is 0. The zero-order valence-corrected chi connectivity index (χ0v) is 23.0. The fourth-order valence-corrected chi connectivity index (χ4v) is 5.83. The van der Waals surface area contributed by atoms with E-state index in [0.717, 1.165) is 35.1 Å². The number of para-hydroxylation sites is 1. The number of aromatic nitrogens is 1. The van der Waals surface area contributed by atoms with Crippen LogP contribution < -0.4 is 0 Å². The zero-order valence-electron chi connectivity index (χ0n) is 23.0. The maximum atomic E-state index is 13.8. The first-order valence-corrected chi connectivity index (χ1v) is 13.5. The molecule has 0 atom stereocenters. The number of piperazine rings is 1. The molecular weight excluding hydrogens is 492 g/mol. The van der Waals surface area contributed by atoms with E-state index in [-0.39, 0.29) is 23.3 Å². The lowest BCUT2D eigenvalue weighted by Crippen LogP contribution is -2.49. The Kier molecular flexibility index (Phi) is 7.07. The predicted molar refractivity (Wildman–Crippen MR) is 151 cm³/mol. The Morgan fingerprint density at radius 2 is 1.72 bits per heavy atom. The van der Waals surface area contributed by atoms with Crippen LogP contribution in [-0.4, -0.2) is 75.3 Å². The van der Waals surface area contributed by atoms with Gasteiger partial charge in [0.15, 0.2) is 0 Å². The van der Waals surface area contributed by atoms with Gasteiger partial charge in [0.05, 0.1) is 11.3 Å². The van der Waals surface area contributed by atoms with Crippen LogP contribution in [0.3, 0.4) is 0 Å². The van der Waals surface area contributed by atoms with E-state index in [1.54, 1.807) is 11.0 Å². The smallest absolute Gasteiger partial charge is 0.339 e. The van der Waals surface area contributed by atoms with E-state index in [1.807, 2.05) is 75.1 Å². The summed E-state index contributed by atoms with van der Waals surface area (Å²) in [7, 11) is 0. The summed E-state index contributed by atoms with van der Waals surface area (Å²) in [5, 5.41) is 11.1. The molecule has 0 aliphatic carbocycles. The van der Waals surface area contributed by atoms with Crippen LogP contribution in [0.25, 0.3) is 16.5 Å². The standard InChI is InChI=1S/C31H36N4O4/c1-20(2)28(36)34-14-12-33(13-15-34)17-21-8-7-9-22(16-21)29(37)35-18-24(30(38)39)27-26(31(3,4)19-35)23-10-5-6-11-25(23)32-27/h5-11,16,18,20,32H,12-15,17,19H2,1-4H3,(H,38,39). The van der Waals surface area contributed by atoms with Crippen LogP contribution in [0.15, 0.2) is 54.7 Å². The summed E-state index contributed by atoms with van der Waals surface area (Å²) < 4.78 is 0. The van der Waals surface area contributed by atoms with E-state index in [2.05, 4.69) is 9.88 Å². The van der Waals surface area contributed by atoms with Gasteiger partial charge in [-0.1, -0.05) is 58.0 Å². The lowest BCUT2D eigenvalue weighted by Gasteiger charge is -2.35. The van der Waals surface area contributed by atoms with Gasteiger partial charge in [-0.25, -0.2) is 4.79 Å². The third-order valence-corrected chi connectivity index (χ3v) is 7.75. The van der Waals surface area contributed by atoms with Gasteiger partial charge in [-0.05, 0) is 29.3 Å². The highest BCUT2D eigenvalue weighted by molar-refractivity contribution is 6.17. The van der Waals surface area contributed by atoms with Crippen molar-refractivity contribution in [2.75, 3.05) is 32.7 Å². The van der Waals surface area contributed by atoms with Gasteiger partial charge in [-0.3, -0.25) is 14.5 Å². The van der Waals surface area contributed by atoms with Gasteiger partial charge in [0.1, 0.15) is 0 Å². The summed E-state index contributed by atoms with van der Waals surface area (Å²) in [5.74, 6) is -1.12. The fraction of sp³-hybridized carbons (Fsp3) is 0.387. The molecule has 5 rings (SSSR count). The number of carbonyl (C=O) groups is 3. The van der Waals surface area contributed by atoms with Crippen molar-refractivity contribution in [1.29, 1.82) is 0 Å². The Bertz CT molecular complexity index is 1460. The number of aromatic amines is 1. The SMILES string of the molecule is CC(C)C(=O)N1CCN(Cc2cccc(C(=O)N3C=C(C(=O)O)c4[nH]c5ccccc5c4C(C)(C)C3)c2)CC1. The fourth-order valence-electron chi connectivity index (χ4n) is 5.83. The van der Waals surface area contributed by atoms with Gasteiger partial charge in [-0.15, -0.1) is 0 Å². The molecule has 0 spiro atoms. The average Bonchev–Trinajstić information content (AvgIpc) is 3.25. The molecule has 0 radical (unpaired) electrons. The minimum absolute atomic E-state index is 0.000738. The minimum atomic E-state index is -1.08. The van der Waals surface area contributed by atoms with E-state index in [1.165, 1.54) is 6.20 Å². The topological polar surface area (TPSA) is 97.0 Å². The van der Waals surface area contributed by atoms with Gasteiger partial charge in [0.25, 0.3) is 5.91 Å². The number of benzene rings is 2. The molecule has 39 heavy (non-hydrogen) atoms. The molecule has 0 unspecified atom stereocenters. The van der Waals surface area contributed by atoms with Crippen molar-refractivity contribution in [3.8, 4) is 0 Å². The monoisotopic (exact) mass is 528 g/mol. The highest BCUT2D eigenvalue weighted by atomic mass is 16.4. The average molecular weight is 529 g/mol. The molecule has 1 aromatic heterocycles. The second-order valence-corrected chi connectivity index (χ2v) is 11.5. The van der Waals surface area contributed by atoms with Crippen molar-refractivity contribution >= 4 is 34.3 Å². The molecule has 8 nitrogen and oxygen atoms in total. The van der Waals surface area contributed by atoms with E-state index in [4.69, 9.17) is 0 Å². The summed E-state index contributed by atoms with van der Waals surface area (Å²) in [6, 6.07) is 15.4. The second kappa shape index (κ2) is 10.3.